The minimum atomic E-state index is -3.54. The third-order valence-electron chi connectivity index (χ3n) is 4.27. The van der Waals surface area contributed by atoms with Crippen molar-refractivity contribution in [2.24, 2.45) is 5.92 Å². The van der Waals surface area contributed by atoms with Crippen molar-refractivity contribution in [3.8, 4) is 5.75 Å². The first-order chi connectivity index (χ1) is 10.3. The van der Waals surface area contributed by atoms with Crippen LogP contribution in [0, 0.1) is 5.92 Å². The number of fused-ring (bicyclic) bond motifs is 1. The van der Waals surface area contributed by atoms with E-state index in [4.69, 9.17) is 4.74 Å². The van der Waals surface area contributed by atoms with Crippen LogP contribution in [0.25, 0.3) is 0 Å². The van der Waals surface area contributed by atoms with Crippen LogP contribution in [0.1, 0.15) is 20.3 Å². The van der Waals surface area contributed by atoms with Crippen molar-refractivity contribution in [3.05, 3.63) is 24.3 Å². The first kappa shape index (κ1) is 15.3. The number of sulfonamides is 1. The molecule has 0 spiro atoms. The Hall–Kier alpha value is -1.60. The van der Waals surface area contributed by atoms with Gasteiger partial charge >= 0.3 is 0 Å². The molecule has 1 N–H and O–H groups in total. The van der Waals surface area contributed by atoms with Crippen LogP contribution in [0.5, 0.6) is 5.75 Å². The predicted molar refractivity (Wildman–Crippen MR) is 83.2 cm³/mol. The molecule has 1 aliphatic carbocycles. The quantitative estimate of drug-likeness (QED) is 0.909. The molecule has 1 saturated carbocycles. The van der Waals surface area contributed by atoms with Crippen LogP contribution in [-0.2, 0) is 14.8 Å². The summed E-state index contributed by atoms with van der Waals surface area (Å²) in [7, 11) is -2.02. The van der Waals surface area contributed by atoms with Crippen molar-refractivity contribution in [1.29, 1.82) is 0 Å². The molecule has 22 heavy (non-hydrogen) atoms. The van der Waals surface area contributed by atoms with Crippen LogP contribution >= 0.6 is 0 Å². The van der Waals surface area contributed by atoms with Gasteiger partial charge in [0, 0.05) is 25.2 Å². The van der Waals surface area contributed by atoms with E-state index >= 15 is 0 Å². The average Bonchev–Trinajstić information content (AvgIpc) is 3.11. The van der Waals surface area contributed by atoms with E-state index in [0.717, 1.165) is 0 Å². The number of benzene rings is 1. The second kappa shape index (κ2) is 4.96. The molecule has 6 nitrogen and oxygen atoms in total. The Morgan fingerprint density at radius 3 is 2.50 bits per heavy atom. The molecule has 0 aromatic heterocycles. The van der Waals surface area contributed by atoms with E-state index in [-0.39, 0.29) is 12.0 Å². The molecule has 0 unspecified atom stereocenters. The molecule has 1 amide bonds. The third kappa shape index (κ3) is 2.19. The zero-order valence-electron chi connectivity index (χ0n) is 12.9. The number of hydrogen-bond acceptors (Lipinski definition) is 4. The van der Waals surface area contributed by atoms with Crippen molar-refractivity contribution in [3.63, 3.8) is 0 Å². The minimum absolute atomic E-state index is 0.0747. The van der Waals surface area contributed by atoms with Crippen LogP contribution in [0.15, 0.2) is 24.3 Å². The number of carbonyl (C=O) groups excluding carboxylic acids is 1. The zero-order valence-corrected chi connectivity index (χ0v) is 13.7. The largest absolute Gasteiger partial charge is 0.491 e. The van der Waals surface area contributed by atoms with E-state index in [9.17, 15) is 13.2 Å². The van der Waals surface area contributed by atoms with Crippen molar-refractivity contribution in [1.82, 2.24) is 4.31 Å². The Kier molecular flexibility index (Phi) is 3.45. The molecule has 1 aromatic rings. The van der Waals surface area contributed by atoms with Crippen molar-refractivity contribution < 1.29 is 17.9 Å². The van der Waals surface area contributed by atoms with E-state index < -0.39 is 20.7 Å². The summed E-state index contributed by atoms with van der Waals surface area (Å²) < 4.78 is 30.2. The number of nitrogens with zero attached hydrogens (tertiary/aromatic N) is 1. The minimum Gasteiger partial charge on any atom is -0.491 e. The molecule has 1 heterocycles. The molecule has 2 atom stereocenters. The topological polar surface area (TPSA) is 75.7 Å². The Labute approximate surface area is 130 Å². The van der Waals surface area contributed by atoms with Gasteiger partial charge in [-0.25, -0.2) is 12.7 Å². The van der Waals surface area contributed by atoms with E-state index in [1.54, 1.807) is 24.3 Å². The van der Waals surface area contributed by atoms with Gasteiger partial charge < -0.3 is 10.1 Å². The Balaban J connectivity index is 1.73. The third-order valence-corrected chi connectivity index (χ3v) is 6.84. The predicted octanol–water partition coefficient (Wildman–Crippen LogP) is 1.45. The summed E-state index contributed by atoms with van der Waals surface area (Å²) in [6.07, 6.45) is 0.491. The molecule has 0 radical (unpaired) electrons. The number of ether oxygens (including phenoxy) is 1. The Morgan fingerprint density at radius 1 is 1.36 bits per heavy atom. The first-order valence-electron chi connectivity index (χ1n) is 7.31. The van der Waals surface area contributed by atoms with E-state index in [2.05, 4.69) is 5.32 Å². The van der Waals surface area contributed by atoms with Gasteiger partial charge in [0.05, 0.1) is 6.10 Å². The second-order valence-electron chi connectivity index (χ2n) is 6.22. The number of amides is 1. The SMILES string of the molecule is CC(C)Oc1ccc(NC(=O)[C@@]23C[C@H]2CN(C)S3(=O)=O)cc1. The number of carbonyl (C=O) groups is 1. The summed E-state index contributed by atoms with van der Waals surface area (Å²) in [5.74, 6) is 0.189. The maximum Gasteiger partial charge on any atom is 0.247 e. The number of nitrogens with one attached hydrogen (secondary N) is 1. The van der Waals surface area contributed by atoms with Crippen LogP contribution < -0.4 is 10.1 Å². The van der Waals surface area contributed by atoms with Crippen LogP contribution in [0.2, 0.25) is 0 Å². The van der Waals surface area contributed by atoms with E-state index in [0.29, 0.717) is 24.4 Å². The van der Waals surface area contributed by atoms with Crippen LogP contribution in [0.3, 0.4) is 0 Å². The van der Waals surface area contributed by atoms with Crippen molar-refractivity contribution in [2.45, 2.75) is 31.1 Å². The highest BCUT2D eigenvalue weighted by molar-refractivity contribution is 7.92. The standard InChI is InChI=1S/C15H20N2O4S/c1-10(2)21-13-6-4-12(5-7-13)16-14(18)15-8-11(15)9-17(3)22(15,19)20/h4-7,10-11H,8-9H2,1-3H3,(H,16,18)/t11-,15+/m0/s1. The van der Waals surface area contributed by atoms with Gasteiger partial charge in [0.2, 0.25) is 15.9 Å². The highest BCUT2D eigenvalue weighted by Gasteiger charge is 2.74. The molecule has 120 valence electrons. The maximum absolute atomic E-state index is 12.5. The van der Waals surface area contributed by atoms with Gasteiger partial charge in [-0.2, -0.15) is 0 Å². The van der Waals surface area contributed by atoms with Crippen LogP contribution in [0.4, 0.5) is 5.69 Å². The first-order valence-corrected chi connectivity index (χ1v) is 8.75. The fourth-order valence-corrected chi connectivity index (χ4v) is 5.17. The fraction of sp³-hybridized carbons (Fsp3) is 0.533. The molecule has 7 heteroatoms. The lowest BCUT2D eigenvalue weighted by atomic mass is 10.2. The van der Waals surface area contributed by atoms with Gasteiger partial charge in [0.15, 0.2) is 4.75 Å². The highest BCUT2D eigenvalue weighted by Crippen LogP contribution is 2.57. The van der Waals surface area contributed by atoms with Crippen molar-refractivity contribution in [2.75, 3.05) is 18.9 Å². The van der Waals surface area contributed by atoms with Crippen molar-refractivity contribution >= 4 is 21.6 Å². The normalized spacial score (nSPS) is 29.2. The molecule has 0 bridgehead atoms. The van der Waals surface area contributed by atoms with Gasteiger partial charge in [0.1, 0.15) is 5.75 Å². The molecule has 1 saturated heterocycles. The average molecular weight is 324 g/mol. The Bertz CT molecular complexity index is 699. The summed E-state index contributed by atoms with van der Waals surface area (Å²) in [6.45, 7) is 4.30. The maximum atomic E-state index is 12.5. The molecular weight excluding hydrogens is 304 g/mol. The lowest BCUT2D eigenvalue weighted by molar-refractivity contribution is -0.116. The van der Waals surface area contributed by atoms with Gasteiger partial charge in [-0.3, -0.25) is 4.79 Å². The monoisotopic (exact) mass is 324 g/mol. The number of rotatable bonds is 4. The summed E-state index contributed by atoms with van der Waals surface area (Å²) in [4.78, 5) is 12.5. The van der Waals surface area contributed by atoms with Gasteiger partial charge in [-0.1, -0.05) is 0 Å². The smallest absolute Gasteiger partial charge is 0.247 e. The molecule has 2 aliphatic rings. The van der Waals surface area contributed by atoms with Crippen LogP contribution in [-0.4, -0.2) is 43.1 Å². The summed E-state index contributed by atoms with van der Waals surface area (Å²) >= 11 is 0. The lowest BCUT2D eigenvalue weighted by Gasteiger charge is -2.17. The van der Waals surface area contributed by atoms with Gasteiger partial charge in [-0.15, -0.1) is 0 Å². The molecule has 3 rings (SSSR count). The van der Waals surface area contributed by atoms with E-state index in [1.165, 1.54) is 11.4 Å². The highest BCUT2D eigenvalue weighted by atomic mass is 32.2. The lowest BCUT2D eigenvalue weighted by Crippen LogP contribution is -2.40. The number of hydrogen-bond donors (Lipinski definition) is 1. The fourth-order valence-electron chi connectivity index (χ4n) is 3.04. The van der Waals surface area contributed by atoms with E-state index in [1.807, 2.05) is 13.8 Å². The summed E-state index contributed by atoms with van der Waals surface area (Å²) in [6, 6.07) is 6.95. The molecule has 1 aliphatic heterocycles. The zero-order chi connectivity index (χ0) is 16.1. The molecule has 2 fully saturated rings. The molecule has 1 aromatic carbocycles. The summed E-state index contributed by atoms with van der Waals surface area (Å²) in [5, 5.41) is 2.72. The van der Waals surface area contributed by atoms with Gasteiger partial charge in [0.25, 0.3) is 0 Å². The second-order valence-corrected chi connectivity index (χ2v) is 8.52. The summed E-state index contributed by atoms with van der Waals surface area (Å²) in [5.41, 5.74) is 0.575. The van der Waals surface area contributed by atoms with Gasteiger partial charge in [-0.05, 0) is 44.5 Å². The molecular formula is C15H20N2O4S. The number of anilines is 1. The Morgan fingerprint density at radius 2 is 2.00 bits per heavy atom.